The molecule has 0 amide bonds. The minimum Gasteiger partial charge on any atom is -0.394 e. The summed E-state index contributed by atoms with van der Waals surface area (Å²) < 4.78 is 0. The van der Waals surface area contributed by atoms with Gasteiger partial charge in [-0.25, -0.2) is 0 Å². The number of aromatic nitrogens is 3. The van der Waals surface area contributed by atoms with Crippen LogP contribution in [0.4, 0.5) is 5.95 Å². The third-order valence-electron chi connectivity index (χ3n) is 2.27. The molecule has 1 heterocycles. The van der Waals surface area contributed by atoms with Gasteiger partial charge in [0.1, 0.15) is 0 Å². The average molecular weight is 285 g/mol. The van der Waals surface area contributed by atoms with Crippen LogP contribution < -0.4 is 5.32 Å². The second kappa shape index (κ2) is 5.95. The molecule has 0 aliphatic carbocycles. The molecular weight excluding hydrogens is 275 g/mol. The van der Waals surface area contributed by atoms with Gasteiger partial charge >= 0.3 is 0 Å². The highest BCUT2D eigenvalue weighted by atomic mass is 35.5. The second-order valence-corrected chi connectivity index (χ2v) is 4.16. The summed E-state index contributed by atoms with van der Waals surface area (Å²) in [6.45, 7) is -0.106. The summed E-state index contributed by atoms with van der Waals surface area (Å²) in [6, 6.07) is 9.10. The zero-order valence-electron chi connectivity index (χ0n) is 9.22. The zero-order chi connectivity index (χ0) is 13.0. The smallest absolute Gasteiger partial charge is 0.228 e. The number of nitrogens with one attached hydrogen (secondary N) is 1. The number of benzene rings is 1. The van der Waals surface area contributed by atoms with Gasteiger partial charge < -0.3 is 10.4 Å². The van der Waals surface area contributed by atoms with E-state index in [4.69, 9.17) is 23.2 Å². The molecule has 94 valence electrons. The maximum atomic E-state index is 9.38. The van der Waals surface area contributed by atoms with E-state index < -0.39 is 0 Å². The van der Waals surface area contributed by atoms with Crippen molar-refractivity contribution in [3.8, 4) is 0 Å². The monoisotopic (exact) mass is 284 g/mol. The number of halogens is 2. The van der Waals surface area contributed by atoms with Crippen molar-refractivity contribution >= 4 is 29.2 Å². The first kappa shape index (κ1) is 13.0. The molecular formula is C11H10Cl2N4O. The molecule has 2 N–H and O–H groups in total. The summed E-state index contributed by atoms with van der Waals surface area (Å²) in [5, 5.41) is 12.3. The van der Waals surface area contributed by atoms with E-state index in [1.165, 1.54) is 0 Å². The van der Waals surface area contributed by atoms with Crippen molar-refractivity contribution in [3.63, 3.8) is 0 Å². The molecule has 2 aromatic rings. The standard InChI is InChI=1S/C11H10Cl2N4O/c12-9-15-10(13)17-11(16-9)14-8(6-18)7-4-2-1-3-5-7/h1-5,8,18H,6H2,(H,14,15,16,17). The van der Waals surface area contributed by atoms with Crippen molar-refractivity contribution in [2.24, 2.45) is 0 Å². The first-order valence-corrected chi connectivity index (χ1v) is 5.94. The van der Waals surface area contributed by atoms with E-state index in [2.05, 4.69) is 20.3 Å². The Labute approximate surface area is 114 Å². The molecule has 0 saturated heterocycles. The molecule has 1 aromatic heterocycles. The van der Waals surface area contributed by atoms with Gasteiger partial charge in [-0.3, -0.25) is 0 Å². The zero-order valence-corrected chi connectivity index (χ0v) is 10.7. The molecule has 2 rings (SSSR count). The maximum Gasteiger partial charge on any atom is 0.228 e. The number of hydrogen-bond donors (Lipinski definition) is 2. The average Bonchev–Trinajstić information content (AvgIpc) is 2.36. The van der Waals surface area contributed by atoms with E-state index >= 15 is 0 Å². The first-order chi connectivity index (χ1) is 8.69. The SMILES string of the molecule is OCC(Nc1nc(Cl)nc(Cl)n1)c1ccccc1. The van der Waals surface area contributed by atoms with Gasteiger partial charge in [0.25, 0.3) is 0 Å². The Kier molecular flexibility index (Phi) is 4.30. The largest absolute Gasteiger partial charge is 0.394 e. The highest BCUT2D eigenvalue weighted by Crippen LogP contribution is 2.18. The van der Waals surface area contributed by atoms with Gasteiger partial charge in [0.15, 0.2) is 0 Å². The number of aliphatic hydroxyl groups is 1. The van der Waals surface area contributed by atoms with Gasteiger partial charge in [-0.05, 0) is 28.8 Å². The maximum absolute atomic E-state index is 9.38. The van der Waals surface area contributed by atoms with Crippen molar-refractivity contribution < 1.29 is 5.11 Å². The van der Waals surface area contributed by atoms with Crippen molar-refractivity contribution in [3.05, 3.63) is 46.5 Å². The molecule has 0 spiro atoms. The second-order valence-electron chi connectivity index (χ2n) is 3.49. The molecule has 0 aliphatic rings. The summed E-state index contributed by atoms with van der Waals surface area (Å²) in [5.74, 6) is 0.225. The van der Waals surface area contributed by atoms with Gasteiger partial charge in [0.05, 0.1) is 12.6 Å². The van der Waals surface area contributed by atoms with Crippen LogP contribution in [0.1, 0.15) is 11.6 Å². The van der Waals surface area contributed by atoms with Crippen molar-refractivity contribution in [1.82, 2.24) is 15.0 Å². The van der Waals surface area contributed by atoms with E-state index in [9.17, 15) is 5.11 Å². The quantitative estimate of drug-likeness (QED) is 0.902. The van der Waals surface area contributed by atoms with Crippen LogP contribution in [0.15, 0.2) is 30.3 Å². The van der Waals surface area contributed by atoms with Crippen molar-refractivity contribution in [2.45, 2.75) is 6.04 Å². The predicted molar refractivity (Wildman–Crippen MR) is 69.7 cm³/mol. The predicted octanol–water partition coefficient (Wildman–Crippen LogP) is 2.32. The molecule has 0 fully saturated rings. The fraction of sp³-hybridized carbons (Fsp3) is 0.182. The first-order valence-electron chi connectivity index (χ1n) is 5.18. The highest BCUT2D eigenvalue weighted by Gasteiger charge is 2.12. The van der Waals surface area contributed by atoms with Crippen LogP contribution in [0.2, 0.25) is 10.6 Å². The number of nitrogens with zero attached hydrogens (tertiary/aromatic N) is 3. The van der Waals surface area contributed by atoms with E-state index in [-0.39, 0.29) is 29.2 Å². The lowest BCUT2D eigenvalue weighted by molar-refractivity contribution is 0.276. The number of hydrogen-bond acceptors (Lipinski definition) is 5. The number of rotatable bonds is 4. The van der Waals surface area contributed by atoms with Gasteiger partial charge in [-0.2, -0.15) is 15.0 Å². The Balaban J connectivity index is 2.20. The lowest BCUT2D eigenvalue weighted by Gasteiger charge is -2.16. The van der Waals surface area contributed by atoms with Gasteiger partial charge in [-0.15, -0.1) is 0 Å². The molecule has 7 heteroatoms. The van der Waals surface area contributed by atoms with Crippen LogP contribution >= 0.6 is 23.2 Å². The van der Waals surface area contributed by atoms with Crippen LogP contribution in [-0.2, 0) is 0 Å². The van der Waals surface area contributed by atoms with Crippen LogP contribution in [0.3, 0.4) is 0 Å². The Morgan fingerprint density at radius 1 is 1.06 bits per heavy atom. The summed E-state index contributed by atoms with van der Waals surface area (Å²) >= 11 is 11.3. The number of anilines is 1. The minimum atomic E-state index is -0.333. The Bertz CT molecular complexity index is 503. The Hall–Kier alpha value is -1.43. The minimum absolute atomic E-state index is 0.00208. The van der Waals surface area contributed by atoms with Crippen molar-refractivity contribution in [2.75, 3.05) is 11.9 Å². The van der Waals surface area contributed by atoms with Gasteiger partial charge in [0.2, 0.25) is 16.5 Å². The molecule has 0 bridgehead atoms. The van der Waals surface area contributed by atoms with Gasteiger partial charge in [-0.1, -0.05) is 30.3 Å². The Morgan fingerprint density at radius 3 is 2.22 bits per heavy atom. The summed E-state index contributed by atoms with van der Waals surface area (Å²) in [6.07, 6.45) is 0. The molecule has 18 heavy (non-hydrogen) atoms. The molecule has 1 unspecified atom stereocenters. The topological polar surface area (TPSA) is 70.9 Å². The fourth-order valence-corrected chi connectivity index (χ4v) is 1.83. The summed E-state index contributed by atoms with van der Waals surface area (Å²) in [4.78, 5) is 11.4. The lowest BCUT2D eigenvalue weighted by atomic mass is 10.1. The Morgan fingerprint density at radius 2 is 1.67 bits per heavy atom. The molecule has 0 radical (unpaired) electrons. The van der Waals surface area contributed by atoms with Crippen LogP contribution in [0.25, 0.3) is 0 Å². The van der Waals surface area contributed by atoms with E-state index in [1.54, 1.807) is 0 Å². The molecule has 1 atom stereocenters. The molecule has 1 aromatic carbocycles. The summed E-state index contributed by atoms with van der Waals surface area (Å²) in [5.41, 5.74) is 0.910. The number of aliphatic hydroxyl groups excluding tert-OH is 1. The van der Waals surface area contributed by atoms with Crippen molar-refractivity contribution in [1.29, 1.82) is 0 Å². The third-order valence-corrected chi connectivity index (χ3v) is 2.61. The van der Waals surface area contributed by atoms with E-state index in [0.29, 0.717) is 0 Å². The molecule has 5 nitrogen and oxygen atoms in total. The lowest BCUT2D eigenvalue weighted by Crippen LogP contribution is -2.16. The van der Waals surface area contributed by atoms with E-state index in [1.807, 2.05) is 30.3 Å². The van der Waals surface area contributed by atoms with Crippen LogP contribution in [0, 0.1) is 0 Å². The highest BCUT2D eigenvalue weighted by molar-refractivity contribution is 6.31. The van der Waals surface area contributed by atoms with Gasteiger partial charge in [0, 0.05) is 0 Å². The molecule has 0 saturated carbocycles. The summed E-state index contributed by atoms with van der Waals surface area (Å²) in [7, 11) is 0. The van der Waals surface area contributed by atoms with Crippen LogP contribution in [0.5, 0.6) is 0 Å². The van der Waals surface area contributed by atoms with E-state index in [0.717, 1.165) is 5.56 Å². The van der Waals surface area contributed by atoms with Crippen LogP contribution in [-0.4, -0.2) is 26.7 Å². The fourth-order valence-electron chi connectivity index (χ4n) is 1.47. The normalized spacial score (nSPS) is 12.2. The third kappa shape index (κ3) is 3.29. The molecule has 0 aliphatic heterocycles.